The Morgan fingerprint density at radius 2 is 2.08 bits per heavy atom. The Balaban J connectivity index is 0.00000243. The maximum Gasteiger partial charge on any atom is 0.253 e. The Morgan fingerprint density at radius 1 is 1.38 bits per heavy atom. The molecule has 1 aromatic carbocycles. The van der Waals surface area contributed by atoms with E-state index in [2.05, 4.69) is 14.9 Å². The highest BCUT2D eigenvalue weighted by atomic mass is 35.5. The Labute approximate surface area is 158 Å². The van der Waals surface area contributed by atoms with E-state index >= 15 is 0 Å². The van der Waals surface area contributed by atoms with Crippen LogP contribution in [0.4, 0.5) is 0 Å². The molecule has 1 saturated heterocycles. The number of halogens is 1. The minimum atomic E-state index is -3.67. The van der Waals surface area contributed by atoms with Crippen LogP contribution in [0.15, 0.2) is 35.2 Å². The maximum atomic E-state index is 12.4. The molecule has 1 aliphatic heterocycles. The molecule has 10 heteroatoms. The molecule has 1 unspecified atom stereocenters. The molecule has 26 heavy (non-hydrogen) atoms. The number of nitrogens with one attached hydrogen (secondary N) is 2. The second-order valence-corrected chi connectivity index (χ2v) is 7.96. The molecule has 1 amide bonds. The van der Waals surface area contributed by atoms with Crippen molar-refractivity contribution in [3.8, 4) is 0 Å². The van der Waals surface area contributed by atoms with Gasteiger partial charge in [-0.2, -0.15) is 5.10 Å². The molecule has 142 valence electrons. The number of nitrogens with two attached hydrogens (primary N) is 1. The zero-order chi connectivity index (χ0) is 18.0. The number of sulfonamides is 1. The van der Waals surface area contributed by atoms with Gasteiger partial charge in [0, 0.05) is 30.4 Å². The summed E-state index contributed by atoms with van der Waals surface area (Å²) >= 11 is 0. The van der Waals surface area contributed by atoms with Crippen LogP contribution >= 0.6 is 12.4 Å². The van der Waals surface area contributed by atoms with E-state index in [-0.39, 0.29) is 35.8 Å². The van der Waals surface area contributed by atoms with Crippen molar-refractivity contribution in [1.29, 1.82) is 0 Å². The molecular weight excluding hydrogens is 378 g/mol. The number of aryl methyl sites for hydroxylation is 1. The van der Waals surface area contributed by atoms with Gasteiger partial charge in [0.15, 0.2) is 0 Å². The summed E-state index contributed by atoms with van der Waals surface area (Å²) in [7, 11) is -3.67. The van der Waals surface area contributed by atoms with Crippen LogP contribution in [0.2, 0.25) is 0 Å². The number of hydrogen-bond donors (Lipinski definition) is 3. The number of likely N-dealkylation sites (tertiary alicyclic amines) is 1. The smallest absolute Gasteiger partial charge is 0.253 e. The number of rotatable bonds is 5. The Hall–Kier alpha value is -1.94. The Morgan fingerprint density at radius 3 is 2.62 bits per heavy atom. The fourth-order valence-corrected chi connectivity index (χ4v) is 3.75. The van der Waals surface area contributed by atoms with Gasteiger partial charge >= 0.3 is 0 Å². The predicted octanol–water partition coefficient (Wildman–Crippen LogP) is 0.792. The summed E-state index contributed by atoms with van der Waals surface area (Å²) in [5.41, 5.74) is 7.74. The lowest BCUT2D eigenvalue weighted by Gasteiger charge is -2.16. The van der Waals surface area contributed by atoms with Gasteiger partial charge in [-0.15, -0.1) is 12.4 Å². The first-order valence-corrected chi connectivity index (χ1v) is 9.49. The molecule has 2 aromatic rings. The van der Waals surface area contributed by atoms with Crippen LogP contribution in [0.25, 0.3) is 0 Å². The summed E-state index contributed by atoms with van der Waals surface area (Å²) in [5, 5.41) is 6.75. The normalized spacial score (nSPS) is 17.2. The van der Waals surface area contributed by atoms with E-state index in [0.717, 1.165) is 12.1 Å². The van der Waals surface area contributed by atoms with Gasteiger partial charge in [0.25, 0.3) is 5.91 Å². The fourth-order valence-electron chi connectivity index (χ4n) is 2.75. The van der Waals surface area contributed by atoms with Crippen molar-refractivity contribution in [1.82, 2.24) is 19.8 Å². The summed E-state index contributed by atoms with van der Waals surface area (Å²) in [5.74, 6) is -0.128. The number of amides is 1. The number of H-pyrrole nitrogens is 1. The van der Waals surface area contributed by atoms with Gasteiger partial charge in [-0.3, -0.25) is 9.89 Å². The van der Waals surface area contributed by atoms with Gasteiger partial charge in [0.2, 0.25) is 10.0 Å². The van der Waals surface area contributed by atoms with E-state index in [4.69, 9.17) is 5.73 Å². The summed E-state index contributed by atoms with van der Waals surface area (Å²) in [6.07, 6.45) is 0.786. The zero-order valence-electron chi connectivity index (χ0n) is 14.3. The summed E-state index contributed by atoms with van der Waals surface area (Å²) in [6, 6.07) is 7.70. The first kappa shape index (κ1) is 20.4. The summed E-state index contributed by atoms with van der Waals surface area (Å²) in [6.45, 7) is 3.10. The van der Waals surface area contributed by atoms with Crippen molar-refractivity contribution < 1.29 is 13.2 Å². The summed E-state index contributed by atoms with van der Waals surface area (Å²) in [4.78, 5) is 14.2. The molecule has 0 aliphatic carbocycles. The van der Waals surface area contributed by atoms with Crippen LogP contribution in [-0.2, 0) is 16.6 Å². The van der Waals surface area contributed by atoms with E-state index < -0.39 is 10.0 Å². The van der Waals surface area contributed by atoms with Crippen LogP contribution < -0.4 is 10.5 Å². The summed E-state index contributed by atoms with van der Waals surface area (Å²) < 4.78 is 27.2. The van der Waals surface area contributed by atoms with Crippen molar-refractivity contribution in [2.45, 2.75) is 30.8 Å². The van der Waals surface area contributed by atoms with E-state index in [1.807, 2.05) is 6.92 Å². The maximum absolute atomic E-state index is 12.4. The average molecular weight is 400 g/mol. The van der Waals surface area contributed by atoms with Crippen molar-refractivity contribution in [2.24, 2.45) is 5.73 Å². The molecule has 8 nitrogen and oxygen atoms in total. The van der Waals surface area contributed by atoms with E-state index in [0.29, 0.717) is 24.3 Å². The Bertz CT molecular complexity index is 866. The Kier molecular flexibility index (Phi) is 6.40. The molecule has 0 saturated carbocycles. The molecule has 2 heterocycles. The standard InChI is InChI=1S/C16H21N5O3S.ClH/c1-11-8-14(20-19-11)9-18-25(23,24)15-4-2-12(3-5-15)16(22)21-7-6-13(17)10-21;/h2-5,8,13,18H,6-7,9-10,17H2,1H3,(H,19,20);1H. The molecule has 1 aliphatic rings. The molecule has 0 radical (unpaired) electrons. The third kappa shape index (κ3) is 4.61. The largest absolute Gasteiger partial charge is 0.337 e. The molecule has 1 fully saturated rings. The first-order valence-electron chi connectivity index (χ1n) is 8.00. The molecule has 4 N–H and O–H groups in total. The second kappa shape index (κ2) is 8.17. The highest BCUT2D eigenvalue weighted by Crippen LogP contribution is 2.15. The monoisotopic (exact) mass is 399 g/mol. The lowest BCUT2D eigenvalue weighted by molar-refractivity contribution is 0.0791. The quantitative estimate of drug-likeness (QED) is 0.686. The lowest BCUT2D eigenvalue weighted by atomic mass is 10.2. The third-order valence-electron chi connectivity index (χ3n) is 4.13. The molecule has 3 rings (SSSR count). The van der Waals surface area contributed by atoms with Crippen LogP contribution in [0.3, 0.4) is 0 Å². The predicted molar refractivity (Wildman–Crippen MR) is 99.5 cm³/mol. The van der Waals surface area contributed by atoms with Crippen molar-refractivity contribution in [3.63, 3.8) is 0 Å². The minimum Gasteiger partial charge on any atom is -0.337 e. The van der Waals surface area contributed by atoms with Gasteiger partial charge in [0.1, 0.15) is 0 Å². The van der Waals surface area contributed by atoms with Gasteiger partial charge in [-0.25, -0.2) is 13.1 Å². The first-order chi connectivity index (χ1) is 11.8. The van der Waals surface area contributed by atoms with E-state index in [1.54, 1.807) is 11.0 Å². The number of carbonyl (C=O) groups is 1. The van der Waals surface area contributed by atoms with Gasteiger partial charge in [-0.05, 0) is 43.7 Å². The molecule has 0 bridgehead atoms. The van der Waals surface area contributed by atoms with Crippen LogP contribution in [0, 0.1) is 6.92 Å². The van der Waals surface area contributed by atoms with Crippen LogP contribution in [-0.4, -0.2) is 48.6 Å². The average Bonchev–Trinajstić information content (AvgIpc) is 3.21. The molecule has 0 spiro atoms. The number of nitrogens with zero attached hydrogens (tertiary/aromatic N) is 2. The topological polar surface area (TPSA) is 121 Å². The zero-order valence-corrected chi connectivity index (χ0v) is 15.9. The highest BCUT2D eigenvalue weighted by molar-refractivity contribution is 7.89. The van der Waals surface area contributed by atoms with Crippen molar-refractivity contribution >= 4 is 28.3 Å². The van der Waals surface area contributed by atoms with Gasteiger partial charge < -0.3 is 10.6 Å². The lowest BCUT2D eigenvalue weighted by Crippen LogP contribution is -2.31. The third-order valence-corrected chi connectivity index (χ3v) is 5.54. The molecule has 1 atom stereocenters. The SMILES string of the molecule is Cc1cc(CNS(=O)(=O)c2ccc(C(=O)N3CCC(N)C3)cc2)n[nH]1.Cl. The van der Waals surface area contributed by atoms with Crippen molar-refractivity contribution in [3.05, 3.63) is 47.3 Å². The number of carbonyl (C=O) groups excluding carboxylic acids is 1. The van der Waals surface area contributed by atoms with E-state index in [1.165, 1.54) is 24.3 Å². The number of benzene rings is 1. The fraction of sp³-hybridized carbons (Fsp3) is 0.375. The van der Waals surface area contributed by atoms with Gasteiger partial charge in [-0.1, -0.05) is 0 Å². The number of hydrogen-bond acceptors (Lipinski definition) is 5. The molecular formula is C16H22ClN5O3S. The number of aromatic amines is 1. The highest BCUT2D eigenvalue weighted by Gasteiger charge is 2.25. The second-order valence-electron chi connectivity index (χ2n) is 6.19. The van der Waals surface area contributed by atoms with Crippen LogP contribution in [0.1, 0.15) is 28.2 Å². The molecule has 1 aromatic heterocycles. The van der Waals surface area contributed by atoms with E-state index in [9.17, 15) is 13.2 Å². The number of aromatic nitrogens is 2. The van der Waals surface area contributed by atoms with Crippen LogP contribution in [0.5, 0.6) is 0 Å². The van der Waals surface area contributed by atoms with Gasteiger partial charge in [0.05, 0.1) is 17.1 Å². The minimum absolute atomic E-state index is 0. The van der Waals surface area contributed by atoms with Crippen molar-refractivity contribution in [2.75, 3.05) is 13.1 Å².